The topological polar surface area (TPSA) is 26.0 Å². The Balaban J connectivity index is 2.06. The van der Waals surface area contributed by atoms with Gasteiger partial charge in [0.2, 0.25) is 0 Å². The van der Waals surface area contributed by atoms with Gasteiger partial charge in [-0.05, 0) is 62.1 Å². The molecule has 0 saturated carbocycles. The Morgan fingerprint density at radius 2 is 1.60 bits per heavy atom. The molecule has 2 aromatic carbocycles. The van der Waals surface area contributed by atoms with Crippen LogP contribution in [0, 0.1) is 27.7 Å². The van der Waals surface area contributed by atoms with Crippen LogP contribution in [0.3, 0.4) is 0 Å². The van der Waals surface area contributed by atoms with Crippen LogP contribution in [0.4, 0.5) is 0 Å². The average molecular weight is 285 g/mol. The van der Waals surface area contributed by atoms with Crippen molar-refractivity contribution in [2.45, 2.75) is 38.6 Å². The highest BCUT2D eigenvalue weighted by Gasteiger charge is 2.10. The Bertz CT molecular complexity index is 604. The van der Waals surface area contributed by atoms with Gasteiger partial charge in [-0.25, -0.2) is 0 Å². The summed E-state index contributed by atoms with van der Waals surface area (Å²) in [6, 6.07) is 13.2. The number of hydrogen-bond acceptors (Lipinski definition) is 2. The molecule has 0 aliphatic carbocycles. The van der Waals surface area contributed by atoms with Crippen LogP contribution in [-0.2, 0) is 0 Å². The molecule has 1 unspecified atom stereocenters. The zero-order valence-corrected chi connectivity index (χ0v) is 13.6. The van der Waals surface area contributed by atoms with Crippen molar-refractivity contribution < 1.29 is 0 Å². The van der Waals surface area contributed by atoms with Gasteiger partial charge < -0.3 is 5.73 Å². The van der Waals surface area contributed by atoms with Gasteiger partial charge in [-0.1, -0.05) is 29.8 Å². The molecule has 2 rings (SSSR count). The number of thioether (sulfide) groups is 1. The minimum Gasteiger partial charge on any atom is -0.323 e. The van der Waals surface area contributed by atoms with Crippen molar-refractivity contribution in [2.24, 2.45) is 5.73 Å². The quantitative estimate of drug-likeness (QED) is 0.823. The van der Waals surface area contributed by atoms with Crippen LogP contribution < -0.4 is 5.73 Å². The number of aryl methyl sites for hydroxylation is 4. The van der Waals surface area contributed by atoms with Crippen molar-refractivity contribution in [1.29, 1.82) is 0 Å². The van der Waals surface area contributed by atoms with Crippen LogP contribution in [0.2, 0.25) is 0 Å². The number of benzene rings is 2. The molecule has 0 radical (unpaired) electrons. The molecule has 0 aliphatic rings. The molecular formula is C18H23NS. The maximum Gasteiger partial charge on any atom is 0.0393 e. The zero-order valence-electron chi connectivity index (χ0n) is 12.7. The highest BCUT2D eigenvalue weighted by molar-refractivity contribution is 7.99. The van der Waals surface area contributed by atoms with Gasteiger partial charge in [-0.3, -0.25) is 0 Å². The molecule has 0 fully saturated rings. The van der Waals surface area contributed by atoms with E-state index in [-0.39, 0.29) is 6.04 Å². The van der Waals surface area contributed by atoms with Gasteiger partial charge in [-0.15, -0.1) is 11.8 Å². The van der Waals surface area contributed by atoms with Gasteiger partial charge in [0.05, 0.1) is 0 Å². The molecule has 0 bridgehead atoms. The van der Waals surface area contributed by atoms with Crippen LogP contribution in [0.25, 0.3) is 0 Å². The third-order valence-electron chi connectivity index (χ3n) is 3.74. The van der Waals surface area contributed by atoms with Crippen molar-refractivity contribution in [1.82, 2.24) is 0 Å². The molecule has 2 heteroatoms. The van der Waals surface area contributed by atoms with Crippen LogP contribution in [0.15, 0.2) is 41.3 Å². The van der Waals surface area contributed by atoms with Crippen molar-refractivity contribution >= 4 is 11.8 Å². The van der Waals surface area contributed by atoms with Crippen LogP contribution in [0.5, 0.6) is 0 Å². The first-order chi connectivity index (χ1) is 9.47. The molecule has 1 atom stereocenters. The molecule has 20 heavy (non-hydrogen) atoms. The second-order valence-corrected chi connectivity index (χ2v) is 6.62. The number of nitrogens with two attached hydrogens (primary N) is 1. The van der Waals surface area contributed by atoms with Gasteiger partial charge in [0, 0.05) is 16.7 Å². The van der Waals surface area contributed by atoms with Crippen molar-refractivity contribution in [3.05, 3.63) is 64.2 Å². The summed E-state index contributed by atoms with van der Waals surface area (Å²) in [6.07, 6.45) is 0. The summed E-state index contributed by atoms with van der Waals surface area (Å²) in [7, 11) is 0. The van der Waals surface area contributed by atoms with E-state index < -0.39 is 0 Å². The first kappa shape index (κ1) is 15.1. The fourth-order valence-corrected chi connectivity index (χ4v) is 3.21. The van der Waals surface area contributed by atoms with E-state index in [2.05, 4.69) is 64.1 Å². The Morgan fingerprint density at radius 1 is 0.900 bits per heavy atom. The SMILES string of the molecule is Cc1ccc(C)c(C(N)CSc2ccc(C)c(C)c2)c1. The summed E-state index contributed by atoms with van der Waals surface area (Å²) in [5.41, 5.74) is 12.9. The van der Waals surface area contributed by atoms with E-state index in [1.807, 2.05) is 11.8 Å². The van der Waals surface area contributed by atoms with E-state index in [1.54, 1.807) is 0 Å². The van der Waals surface area contributed by atoms with Crippen LogP contribution in [0.1, 0.15) is 33.9 Å². The van der Waals surface area contributed by atoms with E-state index >= 15 is 0 Å². The second-order valence-electron chi connectivity index (χ2n) is 5.52. The van der Waals surface area contributed by atoms with E-state index in [4.69, 9.17) is 5.73 Å². The van der Waals surface area contributed by atoms with Crippen LogP contribution >= 0.6 is 11.8 Å². The van der Waals surface area contributed by atoms with Gasteiger partial charge in [0.1, 0.15) is 0 Å². The lowest BCUT2D eigenvalue weighted by atomic mass is 10.0. The fraction of sp³-hybridized carbons (Fsp3) is 0.333. The highest BCUT2D eigenvalue weighted by Crippen LogP contribution is 2.27. The van der Waals surface area contributed by atoms with E-state index in [1.165, 1.54) is 32.7 Å². The predicted octanol–water partition coefficient (Wildman–Crippen LogP) is 4.71. The van der Waals surface area contributed by atoms with Gasteiger partial charge in [-0.2, -0.15) is 0 Å². The lowest BCUT2D eigenvalue weighted by Gasteiger charge is -2.15. The summed E-state index contributed by atoms with van der Waals surface area (Å²) in [4.78, 5) is 1.30. The molecule has 106 valence electrons. The average Bonchev–Trinajstić information content (AvgIpc) is 2.42. The minimum absolute atomic E-state index is 0.0847. The Hall–Kier alpha value is -1.25. The van der Waals surface area contributed by atoms with Crippen LogP contribution in [-0.4, -0.2) is 5.75 Å². The number of hydrogen-bond donors (Lipinski definition) is 1. The molecule has 0 heterocycles. The standard InChI is InChI=1S/C18H23NS/c1-12-5-6-14(3)17(9-12)18(19)11-20-16-8-7-13(2)15(4)10-16/h5-10,18H,11,19H2,1-4H3. The Morgan fingerprint density at radius 3 is 2.30 bits per heavy atom. The third-order valence-corrected chi connectivity index (χ3v) is 4.86. The zero-order chi connectivity index (χ0) is 14.7. The first-order valence-corrected chi connectivity index (χ1v) is 7.98. The van der Waals surface area contributed by atoms with Gasteiger partial charge in [0.25, 0.3) is 0 Å². The molecule has 2 N–H and O–H groups in total. The summed E-state index contributed by atoms with van der Waals surface area (Å²) in [6.45, 7) is 8.55. The lowest BCUT2D eigenvalue weighted by molar-refractivity contribution is 0.821. The molecule has 0 aromatic heterocycles. The molecule has 0 saturated heterocycles. The van der Waals surface area contributed by atoms with Crippen molar-refractivity contribution in [3.63, 3.8) is 0 Å². The minimum atomic E-state index is 0.0847. The third kappa shape index (κ3) is 3.65. The Kier molecular flexibility index (Phi) is 4.90. The maximum atomic E-state index is 6.36. The normalized spacial score (nSPS) is 12.4. The van der Waals surface area contributed by atoms with Gasteiger partial charge in [0.15, 0.2) is 0 Å². The second kappa shape index (κ2) is 6.47. The van der Waals surface area contributed by atoms with Crippen molar-refractivity contribution in [3.8, 4) is 0 Å². The largest absolute Gasteiger partial charge is 0.323 e. The molecule has 0 spiro atoms. The first-order valence-electron chi connectivity index (χ1n) is 7.00. The summed E-state index contributed by atoms with van der Waals surface area (Å²) in [5, 5.41) is 0. The van der Waals surface area contributed by atoms with Crippen molar-refractivity contribution in [2.75, 3.05) is 5.75 Å². The predicted molar refractivity (Wildman–Crippen MR) is 89.5 cm³/mol. The highest BCUT2D eigenvalue weighted by atomic mass is 32.2. The molecule has 0 amide bonds. The fourth-order valence-electron chi connectivity index (χ4n) is 2.24. The molecular weight excluding hydrogens is 262 g/mol. The smallest absolute Gasteiger partial charge is 0.0393 e. The summed E-state index contributed by atoms with van der Waals surface area (Å²) < 4.78 is 0. The Labute approximate surface area is 126 Å². The molecule has 0 aliphatic heterocycles. The lowest BCUT2D eigenvalue weighted by Crippen LogP contribution is -2.14. The maximum absolute atomic E-state index is 6.36. The van der Waals surface area contributed by atoms with E-state index in [0.29, 0.717) is 0 Å². The summed E-state index contributed by atoms with van der Waals surface area (Å²) >= 11 is 1.84. The molecule has 1 nitrogen and oxygen atoms in total. The monoisotopic (exact) mass is 285 g/mol. The summed E-state index contributed by atoms with van der Waals surface area (Å²) in [5.74, 6) is 0.910. The number of rotatable bonds is 4. The molecule has 2 aromatic rings. The van der Waals surface area contributed by atoms with E-state index in [9.17, 15) is 0 Å². The van der Waals surface area contributed by atoms with E-state index in [0.717, 1.165) is 5.75 Å². The van der Waals surface area contributed by atoms with Gasteiger partial charge >= 0.3 is 0 Å².